The van der Waals surface area contributed by atoms with E-state index in [0.29, 0.717) is 10.8 Å². The SMILES string of the molecule is CCCC[C@@](C)(O)CCC[C@H]1CC[C@H]2[C@@H]3CC[C@H]4C[C@@](C)(O)CC[C@]4(C)[C@H]3CC[C@]12C. The van der Waals surface area contributed by atoms with Gasteiger partial charge in [-0.25, -0.2) is 0 Å². The molecular formula is C29H52O2. The predicted molar refractivity (Wildman–Crippen MR) is 130 cm³/mol. The molecule has 0 unspecified atom stereocenters. The molecule has 4 rings (SSSR count). The molecule has 0 aromatic carbocycles. The Hall–Kier alpha value is -0.0800. The highest BCUT2D eigenvalue weighted by atomic mass is 16.3. The van der Waals surface area contributed by atoms with Gasteiger partial charge in [-0.15, -0.1) is 0 Å². The lowest BCUT2D eigenvalue weighted by atomic mass is 9.44. The van der Waals surface area contributed by atoms with Crippen LogP contribution in [0.15, 0.2) is 0 Å². The minimum absolute atomic E-state index is 0.420. The lowest BCUT2D eigenvalue weighted by molar-refractivity contribution is -0.146. The summed E-state index contributed by atoms with van der Waals surface area (Å²) in [5.41, 5.74) is 0.140. The van der Waals surface area contributed by atoms with Crippen LogP contribution >= 0.6 is 0 Å². The summed E-state index contributed by atoms with van der Waals surface area (Å²) in [6, 6.07) is 0. The number of aliphatic hydroxyl groups is 2. The Morgan fingerprint density at radius 2 is 1.55 bits per heavy atom. The van der Waals surface area contributed by atoms with Crippen LogP contribution in [-0.2, 0) is 0 Å². The summed E-state index contributed by atoms with van der Waals surface area (Å²) in [5.74, 6) is 4.37. The van der Waals surface area contributed by atoms with E-state index in [1.807, 2.05) is 0 Å². The monoisotopic (exact) mass is 432 g/mol. The van der Waals surface area contributed by atoms with Gasteiger partial charge in [0.1, 0.15) is 0 Å². The molecule has 180 valence electrons. The predicted octanol–water partition coefficient (Wildman–Crippen LogP) is 7.51. The van der Waals surface area contributed by atoms with Crippen LogP contribution < -0.4 is 0 Å². The van der Waals surface area contributed by atoms with Crippen molar-refractivity contribution in [2.45, 2.75) is 142 Å². The van der Waals surface area contributed by atoms with Crippen LogP contribution in [0, 0.1) is 40.4 Å². The normalized spacial score (nSPS) is 49.1. The average Bonchev–Trinajstić information content (AvgIpc) is 3.03. The van der Waals surface area contributed by atoms with Crippen LogP contribution in [0.5, 0.6) is 0 Å². The number of rotatable bonds is 7. The second-order valence-electron chi connectivity index (χ2n) is 13.7. The molecule has 2 nitrogen and oxygen atoms in total. The molecule has 4 aliphatic rings. The third-order valence-electron chi connectivity index (χ3n) is 11.5. The zero-order valence-electron chi connectivity index (χ0n) is 21.4. The Labute approximate surface area is 193 Å². The van der Waals surface area contributed by atoms with E-state index >= 15 is 0 Å². The van der Waals surface area contributed by atoms with E-state index in [1.165, 1.54) is 64.2 Å². The van der Waals surface area contributed by atoms with E-state index in [9.17, 15) is 10.2 Å². The van der Waals surface area contributed by atoms with Gasteiger partial charge in [0.15, 0.2) is 0 Å². The van der Waals surface area contributed by atoms with Crippen molar-refractivity contribution >= 4 is 0 Å². The maximum atomic E-state index is 10.7. The van der Waals surface area contributed by atoms with Crippen molar-refractivity contribution in [1.29, 1.82) is 0 Å². The second-order valence-corrected chi connectivity index (χ2v) is 13.7. The Morgan fingerprint density at radius 1 is 0.839 bits per heavy atom. The van der Waals surface area contributed by atoms with Gasteiger partial charge in [-0.3, -0.25) is 0 Å². The number of unbranched alkanes of at least 4 members (excludes halogenated alkanes) is 1. The van der Waals surface area contributed by atoms with Crippen molar-refractivity contribution in [2.24, 2.45) is 40.4 Å². The zero-order valence-corrected chi connectivity index (χ0v) is 21.4. The van der Waals surface area contributed by atoms with Crippen molar-refractivity contribution in [1.82, 2.24) is 0 Å². The first-order valence-corrected chi connectivity index (χ1v) is 14.0. The first-order valence-electron chi connectivity index (χ1n) is 14.0. The first kappa shape index (κ1) is 24.1. The fraction of sp³-hybridized carbons (Fsp3) is 1.00. The largest absolute Gasteiger partial charge is 0.390 e. The molecule has 0 saturated heterocycles. The molecule has 2 N–H and O–H groups in total. The molecule has 4 aliphatic carbocycles. The van der Waals surface area contributed by atoms with Crippen LogP contribution in [0.2, 0.25) is 0 Å². The summed E-state index contributed by atoms with van der Waals surface area (Å²) >= 11 is 0. The molecule has 0 aromatic rings. The maximum Gasteiger partial charge on any atom is 0.0622 e. The second kappa shape index (κ2) is 8.61. The van der Waals surface area contributed by atoms with Crippen LogP contribution in [0.4, 0.5) is 0 Å². The maximum absolute atomic E-state index is 10.7. The third-order valence-corrected chi connectivity index (χ3v) is 11.5. The molecule has 2 heteroatoms. The molecule has 4 fully saturated rings. The Bertz CT molecular complexity index is 624. The summed E-state index contributed by atoms with van der Waals surface area (Å²) < 4.78 is 0. The van der Waals surface area contributed by atoms with Crippen LogP contribution in [0.25, 0.3) is 0 Å². The Morgan fingerprint density at radius 3 is 2.29 bits per heavy atom. The summed E-state index contributed by atoms with van der Waals surface area (Å²) in [6.45, 7) is 11.6. The van der Waals surface area contributed by atoms with E-state index in [-0.39, 0.29) is 0 Å². The molecule has 0 heterocycles. The van der Waals surface area contributed by atoms with Gasteiger partial charge >= 0.3 is 0 Å². The lowest BCUT2D eigenvalue weighted by Gasteiger charge is -2.62. The smallest absolute Gasteiger partial charge is 0.0622 e. The van der Waals surface area contributed by atoms with Gasteiger partial charge < -0.3 is 10.2 Å². The molecule has 0 aromatic heterocycles. The summed E-state index contributed by atoms with van der Waals surface area (Å²) in [6.07, 6.45) is 18.6. The molecular weight excluding hydrogens is 380 g/mol. The minimum atomic E-state index is -0.457. The lowest BCUT2D eigenvalue weighted by Crippen LogP contribution is -2.55. The van der Waals surface area contributed by atoms with E-state index in [2.05, 4.69) is 34.6 Å². The zero-order chi connectivity index (χ0) is 22.5. The molecule has 4 saturated carbocycles. The van der Waals surface area contributed by atoms with E-state index < -0.39 is 11.2 Å². The van der Waals surface area contributed by atoms with Crippen molar-refractivity contribution < 1.29 is 10.2 Å². The summed E-state index contributed by atoms with van der Waals surface area (Å²) in [5, 5.41) is 21.4. The molecule has 0 radical (unpaired) electrons. The molecule has 9 atom stereocenters. The van der Waals surface area contributed by atoms with Gasteiger partial charge in [0, 0.05) is 0 Å². The molecule has 0 amide bonds. The highest BCUT2D eigenvalue weighted by Crippen LogP contribution is 2.68. The molecule has 0 spiro atoms. The fourth-order valence-corrected chi connectivity index (χ4v) is 9.43. The third kappa shape index (κ3) is 4.51. The van der Waals surface area contributed by atoms with Gasteiger partial charge in [0.2, 0.25) is 0 Å². The quantitative estimate of drug-likeness (QED) is 0.437. The van der Waals surface area contributed by atoms with E-state index in [4.69, 9.17) is 0 Å². The van der Waals surface area contributed by atoms with Gasteiger partial charge in [-0.1, -0.05) is 40.0 Å². The molecule has 0 aliphatic heterocycles. The first-order chi connectivity index (χ1) is 14.5. The van der Waals surface area contributed by atoms with Gasteiger partial charge in [0.05, 0.1) is 11.2 Å². The Kier molecular flexibility index (Phi) is 6.68. The number of hydrogen-bond acceptors (Lipinski definition) is 2. The fourth-order valence-electron chi connectivity index (χ4n) is 9.43. The van der Waals surface area contributed by atoms with Gasteiger partial charge in [-0.05, 0) is 131 Å². The van der Waals surface area contributed by atoms with Crippen molar-refractivity contribution in [3.63, 3.8) is 0 Å². The highest BCUT2D eigenvalue weighted by Gasteiger charge is 2.60. The van der Waals surface area contributed by atoms with Gasteiger partial charge in [0.25, 0.3) is 0 Å². The number of fused-ring (bicyclic) bond motifs is 5. The van der Waals surface area contributed by atoms with Crippen LogP contribution in [-0.4, -0.2) is 21.4 Å². The number of hydrogen-bond donors (Lipinski definition) is 2. The molecule has 31 heavy (non-hydrogen) atoms. The summed E-state index contributed by atoms with van der Waals surface area (Å²) in [7, 11) is 0. The standard InChI is InChI=1S/C29H52O2/c1-6-7-15-26(2,30)16-8-9-21-11-13-24-23-12-10-22-20-27(3,31)18-19-29(22,5)25(23)14-17-28(21,24)4/h21-25,30-31H,6-20H2,1-5H3/t21-,22-,23-,24-,25-,26+,27-,28+,29-/m0/s1. The average molecular weight is 433 g/mol. The summed E-state index contributed by atoms with van der Waals surface area (Å²) in [4.78, 5) is 0. The van der Waals surface area contributed by atoms with E-state index in [0.717, 1.165) is 61.7 Å². The topological polar surface area (TPSA) is 40.5 Å². The van der Waals surface area contributed by atoms with Gasteiger partial charge in [-0.2, -0.15) is 0 Å². The van der Waals surface area contributed by atoms with Crippen molar-refractivity contribution in [3.05, 3.63) is 0 Å². The van der Waals surface area contributed by atoms with Crippen molar-refractivity contribution in [3.8, 4) is 0 Å². The molecule has 0 bridgehead atoms. The highest BCUT2D eigenvalue weighted by molar-refractivity contribution is 5.10. The van der Waals surface area contributed by atoms with Crippen LogP contribution in [0.1, 0.15) is 131 Å². The Balaban J connectivity index is 1.39. The van der Waals surface area contributed by atoms with E-state index in [1.54, 1.807) is 0 Å². The van der Waals surface area contributed by atoms with Crippen LogP contribution in [0.3, 0.4) is 0 Å². The minimum Gasteiger partial charge on any atom is -0.390 e. The van der Waals surface area contributed by atoms with Crippen molar-refractivity contribution in [2.75, 3.05) is 0 Å².